The highest BCUT2D eigenvalue weighted by molar-refractivity contribution is 5.85. The molecule has 4 heterocycles. The maximum Gasteiger partial charge on any atom is 0.125 e. The van der Waals surface area contributed by atoms with Gasteiger partial charge in [-0.3, -0.25) is 0 Å². The van der Waals surface area contributed by atoms with Crippen LogP contribution in [0.25, 0.3) is 66.5 Å². The van der Waals surface area contributed by atoms with Crippen molar-refractivity contribution in [2.75, 3.05) is 83.6 Å². The molecule has 16 heteroatoms. The van der Waals surface area contributed by atoms with Crippen LogP contribution in [0.2, 0.25) is 0 Å². The molecule has 3 atom stereocenters. The highest BCUT2D eigenvalue weighted by Gasteiger charge is 2.10. The Balaban J connectivity index is 0.000000160. The molecular formula is C57H58F3N7O6. The monoisotopic (exact) mass is 990 g/mol. The number of aliphatic hydroxyl groups is 3. The maximum absolute atomic E-state index is 12.3. The molecule has 0 radical (unpaired) electrons. The van der Waals surface area contributed by atoms with Gasteiger partial charge in [-0.05, 0) is 109 Å². The Morgan fingerprint density at radius 1 is 0.466 bits per heavy atom. The van der Waals surface area contributed by atoms with Gasteiger partial charge >= 0.3 is 0 Å². The number of alkyl halides is 3. The summed E-state index contributed by atoms with van der Waals surface area (Å²) in [6.07, 6.45) is -1.52. The summed E-state index contributed by atoms with van der Waals surface area (Å²) in [5, 5.41) is 36.5. The van der Waals surface area contributed by atoms with Crippen LogP contribution < -0.4 is 29.7 Å². The van der Waals surface area contributed by atoms with Gasteiger partial charge < -0.3 is 45.1 Å². The molecule has 0 saturated heterocycles. The Bertz CT molecular complexity index is 3030. The predicted octanol–water partition coefficient (Wildman–Crippen LogP) is 10.4. The van der Waals surface area contributed by atoms with Crippen LogP contribution in [0.3, 0.4) is 0 Å². The number of aromatic nitrogens is 4. The molecule has 3 unspecified atom stereocenters. The molecule has 4 aromatic heterocycles. The van der Waals surface area contributed by atoms with Crippen LogP contribution in [0, 0.1) is 0 Å². The van der Waals surface area contributed by atoms with Gasteiger partial charge in [0.25, 0.3) is 0 Å². The average molecular weight is 991 g/mol. The lowest BCUT2D eigenvalue weighted by molar-refractivity contribution is 0.0842. The van der Waals surface area contributed by atoms with E-state index in [4.69, 9.17) is 19.2 Å². The van der Waals surface area contributed by atoms with Crippen LogP contribution in [0.1, 0.15) is 0 Å². The van der Waals surface area contributed by atoms with Gasteiger partial charge in [-0.25, -0.2) is 33.1 Å². The second-order valence-electron chi connectivity index (χ2n) is 17.0. The number of halogens is 3. The molecule has 5 N–H and O–H groups in total. The number of benzene rings is 5. The van der Waals surface area contributed by atoms with Gasteiger partial charge in [0.05, 0.1) is 33.6 Å². The first-order valence-corrected chi connectivity index (χ1v) is 23.5. The molecule has 0 bridgehead atoms. The van der Waals surface area contributed by atoms with Crippen molar-refractivity contribution in [1.29, 1.82) is 0 Å². The number of nitrogens with zero attached hydrogens (tertiary/aromatic N) is 5. The van der Waals surface area contributed by atoms with Crippen molar-refractivity contribution in [2.24, 2.45) is 0 Å². The van der Waals surface area contributed by atoms with E-state index in [0.717, 1.165) is 83.7 Å². The molecule has 9 rings (SSSR count). The molecule has 0 spiro atoms. The highest BCUT2D eigenvalue weighted by Crippen LogP contribution is 2.28. The normalized spacial score (nSPS) is 12.1. The molecule has 9 aromatic rings. The fourth-order valence-corrected chi connectivity index (χ4v) is 7.20. The summed E-state index contributed by atoms with van der Waals surface area (Å²) < 4.78 is 52.9. The highest BCUT2D eigenvalue weighted by atomic mass is 18.2. The molecule has 0 saturated carbocycles. The van der Waals surface area contributed by atoms with Crippen molar-refractivity contribution < 1.29 is 42.7 Å². The van der Waals surface area contributed by atoms with E-state index in [2.05, 4.69) is 54.8 Å². The molecule has 0 fully saturated rings. The minimum atomic E-state index is -1.10. The molecule has 0 aliphatic rings. The molecule has 5 aromatic carbocycles. The topological polar surface area (TPSA) is 167 Å². The predicted molar refractivity (Wildman–Crippen MR) is 285 cm³/mol. The van der Waals surface area contributed by atoms with Crippen molar-refractivity contribution in [1.82, 2.24) is 19.9 Å². The molecule has 0 aliphatic heterocycles. The van der Waals surface area contributed by atoms with E-state index in [1.165, 1.54) is 0 Å². The minimum absolute atomic E-state index is 0.0637. The Morgan fingerprint density at radius 2 is 0.849 bits per heavy atom. The lowest BCUT2D eigenvalue weighted by atomic mass is 10.1. The van der Waals surface area contributed by atoms with E-state index >= 15 is 0 Å². The summed E-state index contributed by atoms with van der Waals surface area (Å²) in [6, 6.07) is 48.3. The average Bonchev–Trinajstić information content (AvgIpc) is 3.44. The molecule has 13 nitrogen and oxygen atoms in total. The van der Waals surface area contributed by atoms with Crippen molar-refractivity contribution in [3.8, 4) is 51.0 Å². The number of hydrogen-bond acceptors (Lipinski definition) is 13. The smallest absolute Gasteiger partial charge is 0.125 e. The summed E-state index contributed by atoms with van der Waals surface area (Å²) in [6.45, 7) is -2.65. The standard InChI is InChI=1S/C20H21FN2O2.C19H19FN2O2.C18H18FN3O2/c1-23(2)16-6-3-14(4-7-16)19-9-5-15-11-18(8-10-20(15)22-19)25-13-17(24)12-21;1-21-15-5-2-13(3-6-15)18-8-4-14-10-17(7-9-19(14)22-18)24-12-16(23)11-20;1-20-18-7-3-13(10-21-18)17-5-2-12-8-15(4-6-16(12)22-17)24-11-14(23)9-19/h3-11,17,24H,12-13H2,1-2H3;2-10,16,21,23H,11-12H2,1H3;2-8,10,14,23H,9,11H2,1H3,(H,20,21)/i21-1;20-1;19-1. The van der Waals surface area contributed by atoms with E-state index in [9.17, 15) is 28.5 Å². The summed E-state index contributed by atoms with van der Waals surface area (Å²) in [4.78, 5) is 20.3. The Labute approximate surface area is 421 Å². The van der Waals surface area contributed by atoms with Crippen LogP contribution in [0.15, 0.2) is 158 Å². The number of rotatable bonds is 18. The zero-order valence-corrected chi connectivity index (χ0v) is 40.9. The first kappa shape index (κ1) is 52.8. The summed E-state index contributed by atoms with van der Waals surface area (Å²) in [5.41, 5.74) is 10.4. The van der Waals surface area contributed by atoms with Crippen molar-refractivity contribution in [3.05, 3.63) is 158 Å². The summed E-state index contributed by atoms with van der Waals surface area (Å²) in [7, 11) is 7.73. The SMILES string of the molecule is CN(C)c1ccc(-c2ccc3cc(OCC(O)C[18F])ccc3n2)cc1.CNc1ccc(-c2ccc3cc(OCC(O)C[18F])ccc3n2)cc1.CNc1ccc(-c2ccc3cc(OCC(O)C[18F])ccc3n2)cn1. The van der Waals surface area contributed by atoms with E-state index in [-0.39, 0.29) is 19.8 Å². The largest absolute Gasteiger partial charge is 0.491 e. The third-order valence-corrected chi connectivity index (χ3v) is 11.3. The lowest BCUT2D eigenvalue weighted by Crippen LogP contribution is -2.19. The quantitative estimate of drug-likeness (QED) is 0.0552. The van der Waals surface area contributed by atoms with E-state index in [0.29, 0.717) is 17.2 Å². The van der Waals surface area contributed by atoms with Crippen LogP contribution in [-0.4, -0.2) is 122 Å². The third-order valence-electron chi connectivity index (χ3n) is 11.3. The molecule has 0 aliphatic carbocycles. The van der Waals surface area contributed by atoms with Crippen molar-refractivity contribution >= 4 is 49.9 Å². The van der Waals surface area contributed by atoms with Crippen molar-refractivity contribution in [3.63, 3.8) is 0 Å². The van der Waals surface area contributed by atoms with Gasteiger partial charge in [0.1, 0.15) is 81.2 Å². The van der Waals surface area contributed by atoms with Crippen LogP contribution in [0.4, 0.5) is 30.4 Å². The Morgan fingerprint density at radius 3 is 1.19 bits per heavy atom. The first-order chi connectivity index (χ1) is 35.4. The zero-order valence-electron chi connectivity index (χ0n) is 40.9. The van der Waals surface area contributed by atoms with Gasteiger partial charge in [-0.1, -0.05) is 42.5 Å². The third kappa shape index (κ3) is 14.8. The van der Waals surface area contributed by atoms with E-state index < -0.39 is 38.3 Å². The molecule has 73 heavy (non-hydrogen) atoms. The number of pyridine rings is 4. The van der Waals surface area contributed by atoms with Gasteiger partial charge in [-0.15, -0.1) is 0 Å². The number of ether oxygens (including phenoxy) is 3. The number of aliphatic hydroxyl groups excluding tert-OH is 3. The van der Waals surface area contributed by atoms with Crippen LogP contribution in [-0.2, 0) is 0 Å². The number of nitrogens with one attached hydrogen (secondary N) is 2. The van der Waals surface area contributed by atoms with Gasteiger partial charge in [0.15, 0.2) is 0 Å². The summed E-state index contributed by atoms with van der Waals surface area (Å²) >= 11 is 0. The second kappa shape index (κ2) is 25.9. The fraction of sp³-hybridized carbons (Fsp3) is 0.228. The van der Waals surface area contributed by atoms with Crippen LogP contribution >= 0.6 is 0 Å². The maximum atomic E-state index is 12.3. The van der Waals surface area contributed by atoms with Crippen LogP contribution in [0.5, 0.6) is 17.2 Å². The minimum Gasteiger partial charge on any atom is -0.491 e. The van der Waals surface area contributed by atoms with Gasteiger partial charge in [0.2, 0.25) is 0 Å². The Hall–Kier alpha value is -8.05. The Kier molecular flexibility index (Phi) is 18.7. The van der Waals surface area contributed by atoms with E-state index in [1.54, 1.807) is 24.4 Å². The second-order valence-corrected chi connectivity index (χ2v) is 17.0. The first-order valence-electron chi connectivity index (χ1n) is 23.5. The number of hydrogen-bond donors (Lipinski definition) is 5. The van der Waals surface area contributed by atoms with Gasteiger partial charge in [-0.2, -0.15) is 0 Å². The molecule has 0 amide bonds. The van der Waals surface area contributed by atoms with E-state index in [1.807, 2.05) is 137 Å². The number of anilines is 3. The summed E-state index contributed by atoms with van der Waals surface area (Å²) in [5.74, 6) is 2.55. The molecular weight excluding hydrogens is 933 g/mol. The molecule has 378 valence electrons. The van der Waals surface area contributed by atoms with Crippen molar-refractivity contribution in [2.45, 2.75) is 18.3 Å². The van der Waals surface area contributed by atoms with Gasteiger partial charge in [0, 0.05) is 78.6 Å². The number of fused-ring (bicyclic) bond motifs is 3. The zero-order chi connectivity index (χ0) is 51.7. The lowest BCUT2D eigenvalue weighted by Gasteiger charge is -2.13. The fourth-order valence-electron chi connectivity index (χ4n) is 7.20.